The summed E-state index contributed by atoms with van der Waals surface area (Å²) >= 11 is 6.02. The van der Waals surface area contributed by atoms with Crippen LogP contribution in [0.1, 0.15) is 17.5 Å². The quantitative estimate of drug-likeness (QED) is 0.662. The zero-order chi connectivity index (χ0) is 18.9. The van der Waals surface area contributed by atoms with E-state index in [-0.39, 0.29) is 0 Å². The van der Waals surface area contributed by atoms with Crippen molar-refractivity contribution in [3.05, 3.63) is 77.1 Å². The second-order valence-corrected chi connectivity index (χ2v) is 8.07. The molecule has 4 nitrogen and oxygen atoms in total. The molecule has 2 aromatic heterocycles. The van der Waals surface area contributed by atoms with Gasteiger partial charge in [0.05, 0.1) is 10.7 Å². The zero-order valence-electron chi connectivity index (χ0n) is 15.8. The molecular formula is C23H23ClN4. The maximum absolute atomic E-state index is 6.02. The lowest BCUT2D eigenvalue weighted by Gasteiger charge is -2.45. The highest BCUT2D eigenvalue weighted by Gasteiger charge is 2.33. The summed E-state index contributed by atoms with van der Waals surface area (Å²) in [5.41, 5.74) is 4.88. The first-order valence-electron chi connectivity index (χ1n) is 9.90. The van der Waals surface area contributed by atoms with Crippen LogP contribution in [0.2, 0.25) is 5.02 Å². The molecule has 5 rings (SSSR count). The average molecular weight is 391 g/mol. The van der Waals surface area contributed by atoms with Crippen LogP contribution >= 0.6 is 11.6 Å². The lowest BCUT2D eigenvalue weighted by Crippen LogP contribution is -2.55. The van der Waals surface area contributed by atoms with E-state index >= 15 is 0 Å². The fraction of sp³-hybridized carbons (Fsp3) is 0.304. The van der Waals surface area contributed by atoms with Crippen LogP contribution in [-0.4, -0.2) is 40.5 Å². The Morgan fingerprint density at radius 1 is 1.00 bits per heavy atom. The van der Waals surface area contributed by atoms with Gasteiger partial charge in [0.2, 0.25) is 0 Å². The van der Waals surface area contributed by atoms with Crippen LogP contribution in [0.4, 0.5) is 5.82 Å². The largest absolute Gasteiger partial charge is 0.351 e. The monoisotopic (exact) mass is 390 g/mol. The van der Waals surface area contributed by atoms with Gasteiger partial charge in [0.25, 0.3) is 0 Å². The van der Waals surface area contributed by atoms with Crippen LogP contribution in [0, 0.1) is 0 Å². The highest BCUT2D eigenvalue weighted by molar-refractivity contribution is 6.30. The van der Waals surface area contributed by atoms with E-state index < -0.39 is 0 Å². The average Bonchev–Trinajstić information content (AvgIpc) is 2.74. The Bertz CT molecular complexity index is 958. The zero-order valence-corrected chi connectivity index (χ0v) is 16.5. The molecule has 0 amide bonds. The van der Waals surface area contributed by atoms with Crippen LogP contribution in [0.3, 0.4) is 0 Å². The fourth-order valence-corrected chi connectivity index (χ4v) is 4.60. The van der Waals surface area contributed by atoms with E-state index in [2.05, 4.69) is 51.2 Å². The van der Waals surface area contributed by atoms with E-state index in [0.717, 1.165) is 50.5 Å². The molecule has 0 N–H and O–H groups in total. The second-order valence-electron chi connectivity index (χ2n) is 7.63. The predicted octanol–water partition coefficient (Wildman–Crippen LogP) is 4.43. The molecule has 2 aliphatic rings. The van der Waals surface area contributed by atoms with Crippen LogP contribution < -0.4 is 4.90 Å². The van der Waals surface area contributed by atoms with Gasteiger partial charge in [-0.25, -0.2) is 4.98 Å². The van der Waals surface area contributed by atoms with Crippen molar-refractivity contribution < 1.29 is 0 Å². The van der Waals surface area contributed by atoms with Gasteiger partial charge in [-0.15, -0.1) is 0 Å². The molecule has 5 heteroatoms. The van der Waals surface area contributed by atoms with Crippen LogP contribution in [0.15, 0.2) is 60.9 Å². The topological polar surface area (TPSA) is 32.3 Å². The Morgan fingerprint density at radius 2 is 1.89 bits per heavy atom. The third kappa shape index (κ3) is 3.38. The standard InChI is InChI=1S/C23H23ClN4/c24-18-6-9-22(26-14-18)20-10-11-25-23-21(20)8-7-19-16-27(12-13-28(19)23)15-17-4-2-1-3-5-17/h1-6,9-11,14,19H,7-8,12-13,15-16H2/t19-/m1/s1. The normalized spacial score (nSPS) is 19.2. The van der Waals surface area contributed by atoms with Crippen LogP contribution in [-0.2, 0) is 13.0 Å². The smallest absolute Gasteiger partial charge is 0.132 e. The van der Waals surface area contributed by atoms with Gasteiger partial charge in [-0.05, 0) is 36.6 Å². The minimum atomic E-state index is 0.533. The number of hydrogen-bond acceptors (Lipinski definition) is 4. The number of fused-ring (bicyclic) bond motifs is 3. The van der Waals surface area contributed by atoms with Crippen molar-refractivity contribution >= 4 is 17.4 Å². The first-order valence-corrected chi connectivity index (χ1v) is 10.3. The minimum Gasteiger partial charge on any atom is -0.351 e. The summed E-state index contributed by atoms with van der Waals surface area (Å²) in [6.45, 7) is 4.21. The summed E-state index contributed by atoms with van der Waals surface area (Å²) in [5, 5.41) is 0.668. The van der Waals surface area contributed by atoms with Gasteiger partial charge >= 0.3 is 0 Å². The summed E-state index contributed by atoms with van der Waals surface area (Å²) in [4.78, 5) is 14.4. The number of benzene rings is 1. The Labute approximate surface area is 170 Å². The molecule has 3 aromatic rings. The Hall–Kier alpha value is -2.43. The number of halogens is 1. The highest BCUT2D eigenvalue weighted by Crippen LogP contribution is 2.36. The summed E-state index contributed by atoms with van der Waals surface area (Å²) in [6.07, 6.45) is 5.84. The molecule has 0 spiro atoms. The third-order valence-corrected chi connectivity index (χ3v) is 6.08. The second kappa shape index (κ2) is 7.53. The molecule has 0 radical (unpaired) electrons. The molecule has 28 heavy (non-hydrogen) atoms. The number of anilines is 1. The first kappa shape index (κ1) is 17.7. The van der Waals surface area contributed by atoms with E-state index in [0.29, 0.717) is 11.1 Å². The summed E-state index contributed by atoms with van der Waals surface area (Å²) < 4.78 is 0. The lowest BCUT2D eigenvalue weighted by atomic mass is 9.92. The van der Waals surface area contributed by atoms with Crippen molar-refractivity contribution in [2.75, 3.05) is 24.5 Å². The molecule has 1 saturated heterocycles. The number of piperazine rings is 1. The van der Waals surface area contributed by atoms with E-state index in [4.69, 9.17) is 16.6 Å². The van der Waals surface area contributed by atoms with Crippen LogP contribution in [0.5, 0.6) is 0 Å². The number of rotatable bonds is 3. The van der Waals surface area contributed by atoms with Gasteiger partial charge in [-0.2, -0.15) is 0 Å². The molecule has 0 bridgehead atoms. The van der Waals surface area contributed by atoms with Gasteiger partial charge in [0.15, 0.2) is 0 Å². The van der Waals surface area contributed by atoms with E-state index in [1.54, 1.807) is 6.20 Å². The molecule has 0 unspecified atom stereocenters. The number of nitrogens with zero attached hydrogens (tertiary/aromatic N) is 4. The van der Waals surface area contributed by atoms with E-state index in [1.807, 2.05) is 18.3 Å². The van der Waals surface area contributed by atoms with Gasteiger partial charge in [0.1, 0.15) is 5.82 Å². The van der Waals surface area contributed by atoms with Gasteiger partial charge < -0.3 is 4.90 Å². The van der Waals surface area contributed by atoms with Crippen molar-refractivity contribution in [2.45, 2.75) is 25.4 Å². The first-order chi connectivity index (χ1) is 13.8. The lowest BCUT2D eigenvalue weighted by molar-refractivity contribution is 0.206. The van der Waals surface area contributed by atoms with Gasteiger partial charge in [-0.1, -0.05) is 41.9 Å². The Balaban J connectivity index is 1.38. The van der Waals surface area contributed by atoms with Crippen molar-refractivity contribution in [3.63, 3.8) is 0 Å². The summed E-state index contributed by atoms with van der Waals surface area (Å²) in [5.74, 6) is 1.14. The molecule has 1 atom stereocenters. The Kier molecular flexibility index (Phi) is 4.75. The van der Waals surface area contributed by atoms with Crippen molar-refractivity contribution in [1.29, 1.82) is 0 Å². The molecule has 2 aliphatic heterocycles. The molecule has 1 aromatic carbocycles. The predicted molar refractivity (Wildman–Crippen MR) is 114 cm³/mol. The molecule has 0 aliphatic carbocycles. The van der Waals surface area contributed by atoms with Crippen molar-refractivity contribution in [1.82, 2.24) is 14.9 Å². The summed E-state index contributed by atoms with van der Waals surface area (Å²) in [7, 11) is 0. The van der Waals surface area contributed by atoms with Gasteiger partial charge in [0, 0.05) is 55.7 Å². The minimum absolute atomic E-state index is 0.533. The maximum Gasteiger partial charge on any atom is 0.132 e. The molecule has 1 fully saturated rings. The number of aromatic nitrogens is 2. The van der Waals surface area contributed by atoms with E-state index in [9.17, 15) is 0 Å². The third-order valence-electron chi connectivity index (χ3n) is 5.85. The van der Waals surface area contributed by atoms with Crippen molar-refractivity contribution in [2.24, 2.45) is 0 Å². The molecule has 0 saturated carbocycles. The van der Waals surface area contributed by atoms with Gasteiger partial charge in [-0.3, -0.25) is 9.88 Å². The fourth-order valence-electron chi connectivity index (χ4n) is 4.49. The van der Waals surface area contributed by atoms with E-state index in [1.165, 1.54) is 16.7 Å². The molecule has 4 heterocycles. The molecule has 142 valence electrons. The Morgan fingerprint density at radius 3 is 2.71 bits per heavy atom. The van der Waals surface area contributed by atoms with Crippen LogP contribution in [0.25, 0.3) is 11.3 Å². The van der Waals surface area contributed by atoms with Crippen molar-refractivity contribution in [3.8, 4) is 11.3 Å². The molecular weight excluding hydrogens is 368 g/mol. The number of pyridine rings is 2. The number of hydrogen-bond donors (Lipinski definition) is 0. The summed E-state index contributed by atoms with van der Waals surface area (Å²) in [6, 6.07) is 17.3. The maximum atomic E-state index is 6.02. The highest BCUT2D eigenvalue weighted by atomic mass is 35.5. The SMILES string of the molecule is Clc1ccc(-c2ccnc3c2CC[C@@H]2CN(Cc4ccccc4)CCN32)nc1.